The van der Waals surface area contributed by atoms with E-state index in [4.69, 9.17) is 9.47 Å². The SMILES string of the molecule is COc1cccc([C@@H]2CN(c3cc(C)ccn3)C[C@H]2C(=O)O)c1OC. The lowest BCUT2D eigenvalue weighted by atomic mass is 9.88. The van der Waals surface area contributed by atoms with Gasteiger partial charge in [0.25, 0.3) is 0 Å². The topological polar surface area (TPSA) is 71.9 Å². The molecule has 2 aromatic rings. The summed E-state index contributed by atoms with van der Waals surface area (Å²) < 4.78 is 10.9. The highest BCUT2D eigenvalue weighted by molar-refractivity contribution is 5.74. The van der Waals surface area contributed by atoms with Crippen LogP contribution in [0.25, 0.3) is 0 Å². The van der Waals surface area contributed by atoms with Crippen LogP contribution in [0, 0.1) is 12.8 Å². The molecule has 6 heteroatoms. The number of aliphatic carboxylic acids is 1. The summed E-state index contributed by atoms with van der Waals surface area (Å²) in [6.07, 6.45) is 1.75. The monoisotopic (exact) mass is 342 g/mol. The molecule has 1 N–H and O–H groups in total. The van der Waals surface area contributed by atoms with Crippen LogP contribution in [-0.2, 0) is 4.79 Å². The van der Waals surface area contributed by atoms with Crippen molar-refractivity contribution in [2.45, 2.75) is 12.8 Å². The number of hydrogen-bond acceptors (Lipinski definition) is 5. The molecule has 2 atom stereocenters. The van der Waals surface area contributed by atoms with Crippen molar-refractivity contribution < 1.29 is 19.4 Å². The van der Waals surface area contributed by atoms with Crippen LogP contribution in [0.1, 0.15) is 17.0 Å². The molecule has 1 aromatic heterocycles. The van der Waals surface area contributed by atoms with Crippen molar-refractivity contribution in [3.8, 4) is 11.5 Å². The molecule has 3 rings (SSSR count). The predicted molar refractivity (Wildman–Crippen MR) is 94.6 cm³/mol. The summed E-state index contributed by atoms with van der Waals surface area (Å²) in [5.41, 5.74) is 1.95. The normalized spacial score (nSPS) is 19.7. The molecule has 1 fully saturated rings. The number of benzene rings is 1. The number of methoxy groups -OCH3 is 2. The van der Waals surface area contributed by atoms with E-state index in [1.54, 1.807) is 20.4 Å². The van der Waals surface area contributed by atoms with E-state index in [1.807, 2.05) is 42.2 Å². The Morgan fingerprint density at radius 2 is 2.04 bits per heavy atom. The second kappa shape index (κ2) is 7.01. The van der Waals surface area contributed by atoms with Crippen LogP contribution in [0.5, 0.6) is 11.5 Å². The van der Waals surface area contributed by atoms with Gasteiger partial charge in [0.15, 0.2) is 11.5 Å². The van der Waals surface area contributed by atoms with E-state index >= 15 is 0 Å². The molecular formula is C19H22N2O4. The fourth-order valence-corrected chi connectivity index (χ4v) is 3.45. The third kappa shape index (κ3) is 3.24. The van der Waals surface area contributed by atoms with Gasteiger partial charge in [-0.25, -0.2) is 4.98 Å². The largest absolute Gasteiger partial charge is 0.493 e. The molecule has 132 valence electrons. The molecule has 1 aliphatic rings. The van der Waals surface area contributed by atoms with Gasteiger partial charge in [0.1, 0.15) is 5.82 Å². The Balaban J connectivity index is 1.99. The summed E-state index contributed by atoms with van der Waals surface area (Å²) in [7, 11) is 3.15. The van der Waals surface area contributed by atoms with E-state index < -0.39 is 11.9 Å². The third-order valence-electron chi connectivity index (χ3n) is 4.69. The van der Waals surface area contributed by atoms with Gasteiger partial charge in [0.05, 0.1) is 20.1 Å². The van der Waals surface area contributed by atoms with E-state index in [1.165, 1.54) is 0 Å². The van der Waals surface area contributed by atoms with Gasteiger partial charge in [0.2, 0.25) is 0 Å². The number of carboxylic acid groups (broad SMARTS) is 1. The highest BCUT2D eigenvalue weighted by Crippen LogP contribution is 2.42. The second-order valence-electron chi connectivity index (χ2n) is 6.23. The molecule has 25 heavy (non-hydrogen) atoms. The first-order valence-corrected chi connectivity index (χ1v) is 8.16. The molecule has 1 saturated heterocycles. The summed E-state index contributed by atoms with van der Waals surface area (Å²) in [6.45, 7) is 2.98. The number of aromatic nitrogens is 1. The molecule has 0 bridgehead atoms. The summed E-state index contributed by atoms with van der Waals surface area (Å²) in [6, 6.07) is 9.49. The fraction of sp³-hybridized carbons (Fsp3) is 0.368. The maximum absolute atomic E-state index is 11.9. The molecule has 1 aliphatic heterocycles. The number of carbonyl (C=O) groups is 1. The number of anilines is 1. The molecule has 0 amide bonds. The van der Waals surface area contributed by atoms with Crippen molar-refractivity contribution in [1.82, 2.24) is 4.98 Å². The third-order valence-corrected chi connectivity index (χ3v) is 4.69. The average Bonchev–Trinajstić information content (AvgIpc) is 3.06. The summed E-state index contributed by atoms with van der Waals surface area (Å²) in [4.78, 5) is 18.3. The quantitative estimate of drug-likeness (QED) is 0.901. The zero-order valence-electron chi connectivity index (χ0n) is 14.6. The second-order valence-corrected chi connectivity index (χ2v) is 6.23. The first-order chi connectivity index (χ1) is 12.0. The summed E-state index contributed by atoms with van der Waals surface area (Å²) in [5, 5.41) is 9.74. The molecule has 0 saturated carbocycles. The van der Waals surface area contributed by atoms with Crippen molar-refractivity contribution in [1.29, 1.82) is 0 Å². The standard InChI is InChI=1S/C19H22N2O4/c1-12-7-8-20-17(9-12)21-10-14(15(11-21)19(22)23)13-5-4-6-16(24-2)18(13)25-3/h4-9,14-15H,10-11H2,1-3H3,(H,22,23)/t14-,15+/m0/s1. The maximum Gasteiger partial charge on any atom is 0.308 e. The highest BCUT2D eigenvalue weighted by atomic mass is 16.5. The number of hydrogen-bond donors (Lipinski definition) is 1. The zero-order valence-corrected chi connectivity index (χ0v) is 14.6. The van der Waals surface area contributed by atoms with E-state index in [9.17, 15) is 9.90 Å². The van der Waals surface area contributed by atoms with E-state index in [2.05, 4.69) is 4.98 Å². The molecule has 6 nitrogen and oxygen atoms in total. The molecule has 0 aliphatic carbocycles. The lowest BCUT2D eigenvalue weighted by Gasteiger charge is -2.20. The molecule has 0 spiro atoms. The van der Waals surface area contributed by atoms with Crippen molar-refractivity contribution in [2.24, 2.45) is 5.92 Å². The number of nitrogens with zero attached hydrogens (tertiary/aromatic N) is 2. The van der Waals surface area contributed by atoms with Gasteiger partial charge in [-0.2, -0.15) is 0 Å². The minimum atomic E-state index is -0.815. The average molecular weight is 342 g/mol. The van der Waals surface area contributed by atoms with E-state index in [-0.39, 0.29) is 5.92 Å². The number of carboxylic acids is 1. The Kier molecular flexibility index (Phi) is 4.79. The van der Waals surface area contributed by atoms with Gasteiger partial charge >= 0.3 is 5.97 Å². The minimum Gasteiger partial charge on any atom is -0.493 e. The van der Waals surface area contributed by atoms with Crippen molar-refractivity contribution in [3.05, 3.63) is 47.7 Å². The van der Waals surface area contributed by atoms with Crippen LogP contribution in [0.3, 0.4) is 0 Å². The van der Waals surface area contributed by atoms with Gasteiger partial charge in [-0.05, 0) is 30.7 Å². The van der Waals surface area contributed by atoms with E-state index in [0.717, 1.165) is 16.9 Å². The Labute approximate surface area is 147 Å². The van der Waals surface area contributed by atoms with Gasteiger partial charge in [0, 0.05) is 30.8 Å². The molecule has 2 heterocycles. The molecule has 1 aromatic carbocycles. The zero-order chi connectivity index (χ0) is 18.0. The molecule has 0 unspecified atom stereocenters. The van der Waals surface area contributed by atoms with Crippen LogP contribution >= 0.6 is 0 Å². The first-order valence-electron chi connectivity index (χ1n) is 8.16. The first kappa shape index (κ1) is 17.1. The number of aryl methyl sites for hydroxylation is 1. The van der Waals surface area contributed by atoms with Crippen LogP contribution < -0.4 is 14.4 Å². The minimum absolute atomic E-state index is 0.204. The van der Waals surface area contributed by atoms with Crippen LogP contribution in [0.2, 0.25) is 0 Å². The van der Waals surface area contributed by atoms with Gasteiger partial charge in [-0.1, -0.05) is 12.1 Å². The smallest absolute Gasteiger partial charge is 0.308 e. The molecular weight excluding hydrogens is 320 g/mol. The Morgan fingerprint density at radius 3 is 2.68 bits per heavy atom. The number of para-hydroxylation sites is 1. The van der Waals surface area contributed by atoms with Gasteiger partial charge < -0.3 is 19.5 Å². The molecule has 0 radical (unpaired) electrons. The van der Waals surface area contributed by atoms with Crippen molar-refractivity contribution >= 4 is 11.8 Å². The Morgan fingerprint density at radius 1 is 1.24 bits per heavy atom. The van der Waals surface area contributed by atoms with Crippen molar-refractivity contribution in [2.75, 3.05) is 32.2 Å². The maximum atomic E-state index is 11.9. The lowest BCUT2D eigenvalue weighted by molar-refractivity contribution is -0.141. The summed E-state index contributed by atoms with van der Waals surface area (Å²) in [5.74, 6) is 0.449. The highest BCUT2D eigenvalue weighted by Gasteiger charge is 2.40. The van der Waals surface area contributed by atoms with Crippen LogP contribution in [-0.4, -0.2) is 43.4 Å². The van der Waals surface area contributed by atoms with Crippen LogP contribution in [0.15, 0.2) is 36.5 Å². The van der Waals surface area contributed by atoms with Crippen LogP contribution in [0.4, 0.5) is 5.82 Å². The predicted octanol–water partition coefficient (Wildman–Crippen LogP) is 2.71. The Hall–Kier alpha value is -2.76. The van der Waals surface area contributed by atoms with E-state index in [0.29, 0.717) is 24.6 Å². The number of ether oxygens (including phenoxy) is 2. The number of rotatable bonds is 5. The van der Waals surface area contributed by atoms with Gasteiger partial charge in [-0.3, -0.25) is 4.79 Å². The van der Waals surface area contributed by atoms with Gasteiger partial charge in [-0.15, -0.1) is 0 Å². The lowest BCUT2D eigenvalue weighted by Crippen LogP contribution is -2.23. The summed E-state index contributed by atoms with van der Waals surface area (Å²) >= 11 is 0. The Bertz CT molecular complexity index is 778. The number of pyridine rings is 1. The van der Waals surface area contributed by atoms with Crippen molar-refractivity contribution in [3.63, 3.8) is 0 Å². The fourth-order valence-electron chi connectivity index (χ4n) is 3.45.